The lowest BCUT2D eigenvalue weighted by Gasteiger charge is -2.15. The van der Waals surface area contributed by atoms with Gasteiger partial charge in [-0.2, -0.15) is 13.2 Å². The van der Waals surface area contributed by atoms with Crippen LogP contribution in [0.2, 0.25) is 0 Å². The van der Waals surface area contributed by atoms with Gasteiger partial charge in [0.15, 0.2) is 6.61 Å². The van der Waals surface area contributed by atoms with E-state index in [1.807, 2.05) is 0 Å². The second kappa shape index (κ2) is 6.25. The number of para-hydroxylation sites is 1. The summed E-state index contributed by atoms with van der Waals surface area (Å²) < 4.78 is 41.3. The van der Waals surface area contributed by atoms with Gasteiger partial charge in [0.05, 0.1) is 0 Å². The van der Waals surface area contributed by atoms with Crippen molar-refractivity contribution in [2.45, 2.75) is 25.2 Å². The van der Waals surface area contributed by atoms with E-state index in [1.54, 1.807) is 24.3 Å². The van der Waals surface area contributed by atoms with Crippen molar-refractivity contribution in [1.29, 1.82) is 0 Å². The molecule has 1 saturated heterocycles. The molecule has 2 N–H and O–H groups in total. The van der Waals surface area contributed by atoms with Crippen LogP contribution in [0.4, 0.5) is 13.2 Å². The van der Waals surface area contributed by atoms with Gasteiger partial charge in [-0.05, 0) is 19.0 Å². The lowest BCUT2D eigenvalue weighted by Crippen LogP contribution is -2.30. The molecular formula is C13H17F3N2O. The summed E-state index contributed by atoms with van der Waals surface area (Å²) in [6.45, 7) is 1.13. The van der Waals surface area contributed by atoms with E-state index >= 15 is 0 Å². The summed E-state index contributed by atoms with van der Waals surface area (Å²) >= 11 is 0. The van der Waals surface area contributed by atoms with E-state index < -0.39 is 12.8 Å². The Morgan fingerprint density at radius 2 is 2.11 bits per heavy atom. The first kappa shape index (κ1) is 14.1. The molecule has 1 aromatic rings. The Morgan fingerprint density at radius 1 is 1.32 bits per heavy atom. The van der Waals surface area contributed by atoms with Gasteiger partial charge in [0.1, 0.15) is 5.75 Å². The highest BCUT2D eigenvalue weighted by molar-refractivity contribution is 5.33. The lowest BCUT2D eigenvalue weighted by molar-refractivity contribution is -0.153. The third-order valence-corrected chi connectivity index (χ3v) is 3.01. The molecule has 106 valence electrons. The van der Waals surface area contributed by atoms with Crippen LogP contribution in [0, 0.1) is 0 Å². The van der Waals surface area contributed by atoms with Gasteiger partial charge in [-0.15, -0.1) is 0 Å². The minimum absolute atomic E-state index is 0.290. The smallest absolute Gasteiger partial charge is 0.422 e. The molecule has 3 nitrogen and oxygen atoms in total. The molecule has 0 spiro atoms. The molecule has 1 fully saturated rings. The van der Waals surface area contributed by atoms with Crippen LogP contribution in [0.25, 0.3) is 0 Å². The molecule has 0 bridgehead atoms. The Morgan fingerprint density at radius 3 is 2.79 bits per heavy atom. The van der Waals surface area contributed by atoms with Crippen molar-refractivity contribution in [3.8, 4) is 5.75 Å². The maximum Gasteiger partial charge on any atom is 0.422 e. The van der Waals surface area contributed by atoms with Crippen LogP contribution in [-0.2, 0) is 6.54 Å². The standard InChI is InChI=1S/C13H17F3N2O/c14-13(15,16)9-19-12-4-2-1-3-10(12)7-18-11-5-6-17-8-11/h1-4,11,17-18H,5-9H2. The number of nitrogens with one attached hydrogen (secondary N) is 2. The average Bonchev–Trinajstić information content (AvgIpc) is 2.87. The Hall–Kier alpha value is -1.27. The minimum atomic E-state index is -4.31. The molecule has 6 heteroatoms. The van der Waals surface area contributed by atoms with E-state index in [9.17, 15) is 13.2 Å². The van der Waals surface area contributed by atoms with E-state index in [4.69, 9.17) is 4.74 Å². The van der Waals surface area contributed by atoms with E-state index in [0.717, 1.165) is 25.1 Å². The first-order valence-corrected chi connectivity index (χ1v) is 6.26. The Labute approximate surface area is 110 Å². The Kier molecular flexibility index (Phi) is 4.66. The number of benzene rings is 1. The van der Waals surface area contributed by atoms with Gasteiger partial charge >= 0.3 is 6.18 Å². The first-order valence-electron chi connectivity index (χ1n) is 6.26. The van der Waals surface area contributed by atoms with Crippen molar-refractivity contribution in [2.75, 3.05) is 19.7 Å². The zero-order valence-electron chi connectivity index (χ0n) is 10.5. The van der Waals surface area contributed by atoms with Crippen LogP contribution in [-0.4, -0.2) is 31.9 Å². The second-order valence-corrected chi connectivity index (χ2v) is 4.58. The monoisotopic (exact) mass is 274 g/mol. The molecule has 1 aliphatic rings. The third-order valence-electron chi connectivity index (χ3n) is 3.01. The molecule has 1 atom stereocenters. The van der Waals surface area contributed by atoms with Crippen molar-refractivity contribution < 1.29 is 17.9 Å². The maximum absolute atomic E-state index is 12.2. The van der Waals surface area contributed by atoms with Crippen molar-refractivity contribution in [3.63, 3.8) is 0 Å². The summed E-state index contributed by atoms with van der Waals surface area (Å²) in [5, 5.41) is 6.54. The van der Waals surface area contributed by atoms with Crippen molar-refractivity contribution in [3.05, 3.63) is 29.8 Å². The molecule has 1 unspecified atom stereocenters. The SMILES string of the molecule is FC(F)(F)COc1ccccc1CNC1CCNC1. The quantitative estimate of drug-likeness (QED) is 0.862. The number of hydrogen-bond donors (Lipinski definition) is 2. The molecule has 2 rings (SSSR count). The number of alkyl halides is 3. The number of hydrogen-bond acceptors (Lipinski definition) is 3. The fraction of sp³-hybridized carbons (Fsp3) is 0.538. The molecule has 1 aliphatic heterocycles. The van der Waals surface area contributed by atoms with Crippen molar-refractivity contribution >= 4 is 0 Å². The highest BCUT2D eigenvalue weighted by Crippen LogP contribution is 2.22. The van der Waals surface area contributed by atoms with E-state index in [-0.39, 0.29) is 0 Å². The number of ether oxygens (including phenoxy) is 1. The zero-order chi connectivity index (χ0) is 13.7. The fourth-order valence-corrected chi connectivity index (χ4v) is 2.03. The van der Waals surface area contributed by atoms with Gasteiger partial charge in [-0.3, -0.25) is 0 Å². The minimum Gasteiger partial charge on any atom is -0.484 e. The normalized spacial score (nSPS) is 19.6. The average molecular weight is 274 g/mol. The molecule has 0 radical (unpaired) electrons. The van der Waals surface area contributed by atoms with Gasteiger partial charge < -0.3 is 15.4 Å². The topological polar surface area (TPSA) is 33.3 Å². The second-order valence-electron chi connectivity index (χ2n) is 4.58. The highest BCUT2D eigenvalue weighted by Gasteiger charge is 2.28. The van der Waals surface area contributed by atoms with Crippen LogP contribution in [0.5, 0.6) is 5.75 Å². The summed E-state index contributed by atoms with van der Waals surface area (Å²) in [6.07, 6.45) is -3.28. The van der Waals surface area contributed by atoms with Gasteiger partial charge in [0.2, 0.25) is 0 Å². The summed E-state index contributed by atoms with van der Waals surface area (Å²) in [5.41, 5.74) is 0.749. The van der Waals surface area contributed by atoms with Crippen molar-refractivity contribution in [1.82, 2.24) is 10.6 Å². The molecular weight excluding hydrogens is 257 g/mol. The van der Waals surface area contributed by atoms with Gasteiger partial charge in [-0.1, -0.05) is 18.2 Å². The summed E-state index contributed by atoms with van der Waals surface area (Å²) in [5.74, 6) is 0.290. The number of halogens is 3. The molecule has 0 aromatic heterocycles. The Balaban J connectivity index is 1.91. The van der Waals surface area contributed by atoms with Crippen LogP contribution in [0.15, 0.2) is 24.3 Å². The third kappa shape index (κ3) is 4.72. The van der Waals surface area contributed by atoms with E-state index in [0.29, 0.717) is 18.3 Å². The molecule has 0 aliphatic carbocycles. The van der Waals surface area contributed by atoms with Crippen LogP contribution < -0.4 is 15.4 Å². The first-order chi connectivity index (χ1) is 9.04. The lowest BCUT2D eigenvalue weighted by atomic mass is 10.2. The van der Waals surface area contributed by atoms with Gasteiger partial charge in [0.25, 0.3) is 0 Å². The van der Waals surface area contributed by atoms with Gasteiger partial charge in [0, 0.05) is 24.7 Å². The molecule has 0 amide bonds. The molecule has 1 aromatic carbocycles. The van der Waals surface area contributed by atoms with Crippen molar-refractivity contribution in [2.24, 2.45) is 0 Å². The molecule has 19 heavy (non-hydrogen) atoms. The maximum atomic E-state index is 12.2. The van der Waals surface area contributed by atoms with Crippen LogP contribution in [0.1, 0.15) is 12.0 Å². The molecule has 0 saturated carbocycles. The predicted molar refractivity (Wildman–Crippen MR) is 66.1 cm³/mol. The van der Waals surface area contributed by atoms with E-state index in [1.165, 1.54) is 0 Å². The number of rotatable bonds is 5. The summed E-state index contributed by atoms with van der Waals surface area (Å²) in [4.78, 5) is 0. The summed E-state index contributed by atoms with van der Waals surface area (Å²) in [7, 11) is 0. The van der Waals surface area contributed by atoms with Gasteiger partial charge in [-0.25, -0.2) is 0 Å². The van der Waals surface area contributed by atoms with Crippen LogP contribution >= 0.6 is 0 Å². The zero-order valence-corrected chi connectivity index (χ0v) is 10.5. The predicted octanol–water partition coefficient (Wildman–Crippen LogP) is 2.08. The Bertz CT molecular complexity index is 403. The molecule has 1 heterocycles. The summed E-state index contributed by atoms with van der Waals surface area (Å²) in [6, 6.07) is 7.18. The van der Waals surface area contributed by atoms with Crippen LogP contribution in [0.3, 0.4) is 0 Å². The largest absolute Gasteiger partial charge is 0.484 e. The highest BCUT2D eigenvalue weighted by atomic mass is 19.4. The van der Waals surface area contributed by atoms with E-state index in [2.05, 4.69) is 10.6 Å². The fourth-order valence-electron chi connectivity index (χ4n) is 2.03.